The van der Waals surface area contributed by atoms with Gasteiger partial charge in [-0.3, -0.25) is 15.1 Å². The number of anilines is 2. The second-order valence-electron chi connectivity index (χ2n) is 6.71. The van der Waals surface area contributed by atoms with Gasteiger partial charge in [0.25, 0.3) is 5.91 Å². The number of carbonyl (C=O) groups is 1. The molecule has 1 aromatic heterocycles. The fraction of sp³-hybridized carbons (Fsp3) is 0.400. The van der Waals surface area contributed by atoms with E-state index in [1.54, 1.807) is 0 Å². The van der Waals surface area contributed by atoms with Crippen LogP contribution in [0, 0.1) is 0 Å². The van der Waals surface area contributed by atoms with E-state index < -0.39 is 5.91 Å². The smallest absolute Gasteiger partial charge is 0.280 e. The van der Waals surface area contributed by atoms with Gasteiger partial charge in [0.1, 0.15) is 0 Å². The quantitative estimate of drug-likeness (QED) is 0.265. The summed E-state index contributed by atoms with van der Waals surface area (Å²) in [6.45, 7) is 0.541. The summed E-state index contributed by atoms with van der Waals surface area (Å²) >= 11 is 5.77. The molecule has 1 heterocycles. The zero-order chi connectivity index (χ0) is 21.1. The number of nitrogens with two attached hydrogens (primary N) is 3. The molecular weight excluding hydrogens is 390 g/mol. The van der Waals surface area contributed by atoms with Gasteiger partial charge in [-0.1, -0.05) is 67.6 Å². The normalized spacial score (nSPS) is 11.4. The molecule has 0 aliphatic rings. The highest BCUT2D eigenvalue weighted by atomic mass is 35.5. The number of nitrogens with zero attached hydrogens (tertiary/aromatic N) is 3. The van der Waals surface area contributed by atoms with Crippen molar-refractivity contribution in [1.82, 2.24) is 15.3 Å². The minimum absolute atomic E-state index is 0.00649. The van der Waals surface area contributed by atoms with Crippen molar-refractivity contribution in [3.8, 4) is 0 Å². The summed E-state index contributed by atoms with van der Waals surface area (Å²) in [4.78, 5) is 23.8. The SMILES string of the molecule is NC(=NCCCCCCCCc1ccccc1)NC(=O)c1nc(Cl)c(N)nc1N. The Hall–Kier alpha value is -2.87. The molecule has 156 valence electrons. The maximum atomic E-state index is 12.1. The van der Waals surface area contributed by atoms with Gasteiger partial charge >= 0.3 is 0 Å². The molecule has 0 saturated heterocycles. The number of carbonyl (C=O) groups excluding carboxylic acids is 1. The highest BCUT2D eigenvalue weighted by Crippen LogP contribution is 2.17. The molecule has 2 rings (SSSR count). The Morgan fingerprint density at radius 1 is 0.966 bits per heavy atom. The first-order valence-electron chi connectivity index (χ1n) is 9.71. The van der Waals surface area contributed by atoms with E-state index in [0.717, 1.165) is 25.7 Å². The monoisotopic (exact) mass is 417 g/mol. The molecule has 0 fully saturated rings. The largest absolute Gasteiger partial charge is 0.382 e. The Labute approximate surface area is 176 Å². The van der Waals surface area contributed by atoms with Crippen LogP contribution in [0.1, 0.15) is 54.6 Å². The third-order valence-corrected chi connectivity index (χ3v) is 4.64. The Morgan fingerprint density at radius 3 is 2.34 bits per heavy atom. The average molecular weight is 418 g/mol. The Morgan fingerprint density at radius 2 is 1.62 bits per heavy atom. The van der Waals surface area contributed by atoms with Gasteiger partial charge in [-0.2, -0.15) is 0 Å². The van der Waals surface area contributed by atoms with Crippen LogP contribution in [0.2, 0.25) is 5.15 Å². The van der Waals surface area contributed by atoms with Crippen LogP contribution in [0.25, 0.3) is 0 Å². The van der Waals surface area contributed by atoms with Crippen LogP contribution < -0.4 is 22.5 Å². The van der Waals surface area contributed by atoms with Crippen molar-refractivity contribution in [3.05, 3.63) is 46.7 Å². The summed E-state index contributed by atoms with van der Waals surface area (Å²) in [5, 5.41) is 2.33. The van der Waals surface area contributed by atoms with Gasteiger partial charge in [0, 0.05) is 6.54 Å². The molecule has 0 unspecified atom stereocenters. The molecule has 9 heteroatoms. The number of rotatable bonds is 10. The molecule has 0 aliphatic carbocycles. The molecule has 0 saturated carbocycles. The predicted octanol–water partition coefficient (Wildman–Crippen LogP) is 2.92. The van der Waals surface area contributed by atoms with Crippen LogP contribution in [0.3, 0.4) is 0 Å². The van der Waals surface area contributed by atoms with Gasteiger partial charge in [0.2, 0.25) is 0 Å². The van der Waals surface area contributed by atoms with Gasteiger partial charge < -0.3 is 17.2 Å². The molecule has 0 spiro atoms. The summed E-state index contributed by atoms with van der Waals surface area (Å²) in [5.74, 6) is -0.782. The first-order valence-corrected chi connectivity index (χ1v) is 10.1. The van der Waals surface area contributed by atoms with E-state index >= 15 is 0 Å². The van der Waals surface area contributed by atoms with Crippen LogP contribution in [0.5, 0.6) is 0 Å². The first kappa shape index (κ1) is 22.4. The van der Waals surface area contributed by atoms with Crippen molar-refractivity contribution < 1.29 is 4.79 Å². The van der Waals surface area contributed by atoms with E-state index in [-0.39, 0.29) is 28.4 Å². The van der Waals surface area contributed by atoms with E-state index in [1.807, 2.05) is 6.07 Å². The maximum Gasteiger partial charge on any atom is 0.280 e. The molecular formula is C20H28ClN7O. The van der Waals surface area contributed by atoms with Crippen LogP contribution >= 0.6 is 11.6 Å². The van der Waals surface area contributed by atoms with Crippen molar-refractivity contribution in [3.63, 3.8) is 0 Å². The zero-order valence-corrected chi connectivity index (χ0v) is 17.2. The first-order chi connectivity index (χ1) is 14.0. The Balaban J connectivity index is 1.59. The number of halogens is 1. The molecule has 0 radical (unpaired) electrons. The molecule has 1 amide bonds. The number of aromatic nitrogens is 2. The standard InChI is InChI=1S/C20H28ClN7O/c21-16-18(23)27-17(22)15(26-16)19(29)28-20(24)25-13-9-4-2-1-3-6-10-14-11-7-5-8-12-14/h5,7-8,11-12H,1-4,6,9-10,13H2,(H4,22,23,27)(H3,24,25,28,29). The lowest BCUT2D eigenvalue weighted by atomic mass is 10.1. The Bertz CT molecular complexity index is 827. The summed E-state index contributed by atoms with van der Waals surface area (Å²) in [6.07, 6.45) is 7.92. The van der Waals surface area contributed by atoms with Crippen molar-refractivity contribution in [2.24, 2.45) is 10.7 Å². The fourth-order valence-corrected chi connectivity index (χ4v) is 2.94. The number of aryl methyl sites for hydroxylation is 1. The second-order valence-corrected chi connectivity index (χ2v) is 7.07. The fourth-order valence-electron chi connectivity index (χ4n) is 2.82. The highest BCUT2D eigenvalue weighted by molar-refractivity contribution is 6.31. The molecule has 1 aromatic carbocycles. The zero-order valence-electron chi connectivity index (χ0n) is 16.4. The molecule has 0 aliphatic heterocycles. The molecule has 0 bridgehead atoms. The van der Waals surface area contributed by atoms with E-state index in [9.17, 15) is 4.79 Å². The summed E-state index contributed by atoms with van der Waals surface area (Å²) in [7, 11) is 0. The molecule has 2 aromatic rings. The maximum absolute atomic E-state index is 12.1. The number of aliphatic imine (C=N–C) groups is 1. The predicted molar refractivity (Wildman–Crippen MR) is 118 cm³/mol. The molecule has 7 N–H and O–H groups in total. The third kappa shape index (κ3) is 7.95. The summed E-state index contributed by atoms with van der Waals surface area (Å²) < 4.78 is 0. The highest BCUT2D eigenvalue weighted by Gasteiger charge is 2.16. The minimum Gasteiger partial charge on any atom is -0.382 e. The van der Waals surface area contributed by atoms with E-state index in [4.69, 9.17) is 28.8 Å². The number of benzene rings is 1. The van der Waals surface area contributed by atoms with Gasteiger partial charge in [-0.15, -0.1) is 0 Å². The van der Waals surface area contributed by atoms with E-state index in [1.165, 1.54) is 24.8 Å². The van der Waals surface area contributed by atoms with E-state index in [2.05, 4.69) is 44.5 Å². The van der Waals surface area contributed by atoms with Crippen LogP contribution in [0.4, 0.5) is 11.6 Å². The minimum atomic E-state index is -0.628. The van der Waals surface area contributed by atoms with Crippen LogP contribution in [-0.4, -0.2) is 28.4 Å². The lowest BCUT2D eigenvalue weighted by Gasteiger charge is -2.07. The van der Waals surface area contributed by atoms with Crippen molar-refractivity contribution >= 4 is 35.1 Å². The third-order valence-electron chi connectivity index (χ3n) is 4.36. The second kappa shape index (κ2) is 11.9. The topological polar surface area (TPSA) is 145 Å². The average Bonchev–Trinajstić information content (AvgIpc) is 2.70. The molecule has 8 nitrogen and oxygen atoms in total. The lowest BCUT2D eigenvalue weighted by Crippen LogP contribution is -2.38. The van der Waals surface area contributed by atoms with Gasteiger partial charge in [0.05, 0.1) is 0 Å². The van der Waals surface area contributed by atoms with Crippen LogP contribution in [-0.2, 0) is 6.42 Å². The van der Waals surface area contributed by atoms with E-state index in [0.29, 0.717) is 6.54 Å². The lowest BCUT2D eigenvalue weighted by molar-refractivity contribution is 0.0972. The number of amides is 1. The number of nitrogen functional groups attached to an aromatic ring is 2. The van der Waals surface area contributed by atoms with Crippen molar-refractivity contribution in [1.29, 1.82) is 0 Å². The molecule has 29 heavy (non-hydrogen) atoms. The number of hydrogen-bond acceptors (Lipinski definition) is 6. The van der Waals surface area contributed by atoms with Gasteiger partial charge in [0.15, 0.2) is 28.4 Å². The van der Waals surface area contributed by atoms with Crippen LogP contribution in [0.15, 0.2) is 35.3 Å². The number of hydrogen-bond donors (Lipinski definition) is 4. The number of unbranched alkanes of at least 4 members (excludes halogenated alkanes) is 5. The Kier molecular flexibility index (Phi) is 9.17. The summed E-state index contributed by atoms with van der Waals surface area (Å²) in [6, 6.07) is 10.5. The van der Waals surface area contributed by atoms with Crippen molar-refractivity contribution in [2.45, 2.75) is 44.9 Å². The van der Waals surface area contributed by atoms with Gasteiger partial charge in [-0.25, -0.2) is 9.97 Å². The molecule has 0 atom stereocenters. The van der Waals surface area contributed by atoms with Gasteiger partial charge in [-0.05, 0) is 24.8 Å². The number of guanidine groups is 1. The number of nitrogens with one attached hydrogen (secondary N) is 1. The summed E-state index contributed by atoms with van der Waals surface area (Å²) in [5.41, 5.74) is 18.1. The van der Waals surface area contributed by atoms with Crippen molar-refractivity contribution in [2.75, 3.05) is 18.0 Å².